The van der Waals surface area contributed by atoms with Crippen molar-refractivity contribution in [3.63, 3.8) is 0 Å². The molecule has 3 aromatic rings. The third kappa shape index (κ3) is 3.05. The fourth-order valence-corrected chi connectivity index (χ4v) is 3.78. The second kappa shape index (κ2) is 6.83. The predicted molar refractivity (Wildman–Crippen MR) is 102 cm³/mol. The Bertz CT molecular complexity index is 1020. The monoisotopic (exact) mass is 349 g/mol. The molecule has 1 aliphatic heterocycles. The number of hydrogen-bond donors (Lipinski definition) is 1. The van der Waals surface area contributed by atoms with E-state index in [2.05, 4.69) is 30.1 Å². The number of aryl methyl sites for hydroxylation is 1. The first kappa shape index (κ1) is 16.6. The highest BCUT2D eigenvalue weighted by molar-refractivity contribution is 5.78. The highest BCUT2D eigenvalue weighted by atomic mass is 16.2. The van der Waals surface area contributed by atoms with Gasteiger partial charge >= 0.3 is 5.69 Å². The van der Waals surface area contributed by atoms with Gasteiger partial charge in [0.25, 0.3) is 0 Å². The first-order chi connectivity index (χ1) is 12.7. The zero-order valence-corrected chi connectivity index (χ0v) is 15.0. The number of para-hydroxylation sites is 2. The van der Waals surface area contributed by atoms with Crippen molar-refractivity contribution in [2.24, 2.45) is 0 Å². The summed E-state index contributed by atoms with van der Waals surface area (Å²) in [5.74, 6) is 0.251. The molecule has 0 atom stereocenters. The lowest BCUT2D eigenvalue weighted by molar-refractivity contribution is -0.128. The summed E-state index contributed by atoms with van der Waals surface area (Å²) in [5, 5.41) is 0. The molecule has 5 nitrogen and oxygen atoms in total. The first-order valence-corrected chi connectivity index (χ1v) is 9.21. The number of aromatic amines is 1. The van der Waals surface area contributed by atoms with Crippen molar-refractivity contribution in [2.45, 2.75) is 39.3 Å². The van der Waals surface area contributed by atoms with Gasteiger partial charge in [0.05, 0.1) is 17.6 Å². The minimum Gasteiger partial charge on any atom is -0.338 e. The van der Waals surface area contributed by atoms with Crippen molar-refractivity contribution in [3.05, 3.63) is 69.6 Å². The average Bonchev–Trinajstić information content (AvgIpc) is 3.19. The normalized spacial score (nSPS) is 14.5. The van der Waals surface area contributed by atoms with E-state index in [1.807, 2.05) is 29.2 Å². The highest BCUT2D eigenvalue weighted by Crippen LogP contribution is 2.20. The van der Waals surface area contributed by atoms with E-state index in [0.29, 0.717) is 19.5 Å². The van der Waals surface area contributed by atoms with E-state index in [1.165, 1.54) is 11.1 Å². The number of hydrogen-bond acceptors (Lipinski definition) is 2. The molecule has 1 saturated heterocycles. The molecule has 1 amide bonds. The molecule has 2 aromatic carbocycles. The van der Waals surface area contributed by atoms with Crippen LogP contribution < -0.4 is 5.69 Å². The maximum atomic E-state index is 12.3. The van der Waals surface area contributed by atoms with E-state index in [9.17, 15) is 9.59 Å². The smallest absolute Gasteiger partial charge is 0.326 e. The van der Waals surface area contributed by atoms with E-state index < -0.39 is 0 Å². The minimum atomic E-state index is -0.0870. The van der Waals surface area contributed by atoms with Crippen LogP contribution in [0.5, 0.6) is 0 Å². The number of rotatable bonds is 5. The zero-order valence-electron chi connectivity index (χ0n) is 15.0. The van der Waals surface area contributed by atoms with E-state index in [4.69, 9.17) is 0 Å². The summed E-state index contributed by atoms with van der Waals surface area (Å²) >= 11 is 0. The second-order valence-electron chi connectivity index (χ2n) is 6.91. The molecule has 0 spiro atoms. The lowest BCUT2D eigenvalue weighted by Gasteiger charge is -2.18. The summed E-state index contributed by atoms with van der Waals surface area (Å²) in [5.41, 5.74) is 5.24. The van der Waals surface area contributed by atoms with Gasteiger partial charge in [-0.1, -0.05) is 37.3 Å². The van der Waals surface area contributed by atoms with Gasteiger partial charge in [0, 0.05) is 19.5 Å². The summed E-state index contributed by atoms with van der Waals surface area (Å²) in [6, 6.07) is 14.1. The van der Waals surface area contributed by atoms with Gasteiger partial charge in [-0.2, -0.15) is 0 Å². The molecule has 2 heterocycles. The Labute approximate surface area is 152 Å². The minimum absolute atomic E-state index is 0.0870. The maximum Gasteiger partial charge on any atom is 0.326 e. The summed E-state index contributed by atoms with van der Waals surface area (Å²) < 4.78 is 1.77. The Hall–Kier alpha value is -2.82. The van der Waals surface area contributed by atoms with Crippen LogP contribution in [0.4, 0.5) is 0 Å². The van der Waals surface area contributed by atoms with Crippen molar-refractivity contribution in [3.8, 4) is 0 Å². The van der Waals surface area contributed by atoms with Crippen LogP contribution in [0.2, 0.25) is 0 Å². The Morgan fingerprint density at radius 1 is 1.04 bits per heavy atom. The molecule has 26 heavy (non-hydrogen) atoms. The number of amides is 1. The van der Waals surface area contributed by atoms with Crippen LogP contribution in [-0.2, 0) is 24.3 Å². The van der Waals surface area contributed by atoms with Gasteiger partial charge in [0.1, 0.15) is 0 Å². The standard InChI is InChI=1S/C21H23N3O2/c1-2-16-12-15(9-10-17(16)14-23-11-5-8-20(23)25)13-24-19-7-4-3-6-18(19)22-21(24)26/h3-4,6-7,9-10,12H,2,5,8,11,13-14H2,1H3,(H,22,26). The summed E-state index contributed by atoms with van der Waals surface area (Å²) in [7, 11) is 0. The molecule has 0 unspecified atom stereocenters. The Balaban J connectivity index is 1.62. The topological polar surface area (TPSA) is 58.1 Å². The molecule has 1 N–H and O–H groups in total. The number of imidazole rings is 1. The largest absolute Gasteiger partial charge is 0.338 e. The van der Waals surface area contributed by atoms with Crippen molar-refractivity contribution >= 4 is 16.9 Å². The number of carbonyl (C=O) groups is 1. The number of likely N-dealkylation sites (tertiary alicyclic amines) is 1. The van der Waals surface area contributed by atoms with Crippen LogP contribution in [0.3, 0.4) is 0 Å². The summed E-state index contributed by atoms with van der Waals surface area (Å²) in [6.07, 6.45) is 2.54. The van der Waals surface area contributed by atoms with Crippen LogP contribution >= 0.6 is 0 Å². The molecular formula is C21H23N3O2. The molecule has 1 aromatic heterocycles. The van der Waals surface area contributed by atoms with E-state index in [1.54, 1.807) is 4.57 Å². The van der Waals surface area contributed by atoms with E-state index >= 15 is 0 Å². The summed E-state index contributed by atoms with van der Waals surface area (Å²) in [4.78, 5) is 29.0. The third-order valence-electron chi connectivity index (χ3n) is 5.21. The number of carbonyl (C=O) groups excluding carboxylic acids is 1. The lowest BCUT2D eigenvalue weighted by Crippen LogP contribution is -2.24. The molecule has 0 saturated carbocycles. The highest BCUT2D eigenvalue weighted by Gasteiger charge is 2.21. The van der Waals surface area contributed by atoms with E-state index in [0.717, 1.165) is 36.0 Å². The van der Waals surface area contributed by atoms with Crippen molar-refractivity contribution in [2.75, 3.05) is 6.54 Å². The van der Waals surface area contributed by atoms with Crippen LogP contribution in [0.15, 0.2) is 47.3 Å². The SMILES string of the molecule is CCc1cc(Cn2c(=O)[nH]c3ccccc32)ccc1CN1CCCC1=O. The summed E-state index contributed by atoms with van der Waals surface area (Å²) in [6.45, 7) is 4.22. The Morgan fingerprint density at radius 2 is 1.88 bits per heavy atom. The van der Waals surface area contributed by atoms with Gasteiger partial charge in [-0.15, -0.1) is 0 Å². The van der Waals surface area contributed by atoms with Gasteiger partial charge in [-0.05, 0) is 41.7 Å². The molecule has 1 fully saturated rings. The Morgan fingerprint density at radius 3 is 2.65 bits per heavy atom. The van der Waals surface area contributed by atoms with Crippen molar-refractivity contribution < 1.29 is 4.79 Å². The number of nitrogens with zero attached hydrogens (tertiary/aromatic N) is 2. The fraction of sp³-hybridized carbons (Fsp3) is 0.333. The number of H-pyrrole nitrogens is 1. The molecule has 0 radical (unpaired) electrons. The average molecular weight is 349 g/mol. The fourth-order valence-electron chi connectivity index (χ4n) is 3.78. The van der Waals surface area contributed by atoms with Crippen LogP contribution in [0, 0.1) is 0 Å². The predicted octanol–water partition coefficient (Wildman–Crippen LogP) is 3.06. The third-order valence-corrected chi connectivity index (χ3v) is 5.21. The van der Waals surface area contributed by atoms with Crippen LogP contribution in [0.25, 0.3) is 11.0 Å². The molecule has 5 heteroatoms. The number of fused-ring (bicyclic) bond motifs is 1. The maximum absolute atomic E-state index is 12.3. The zero-order chi connectivity index (χ0) is 18.1. The molecule has 0 aliphatic carbocycles. The van der Waals surface area contributed by atoms with E-state index in [-0.39, 0.29) is 11.6 Å². The quantitative estimate of drug-likeness (QED) is 0.770. The van der Waals surface area contributed by atoms with Crippen LogP contribution in [0.1, 0.15) is 36.5 Å². The van der Waals surface area contributed by atoms with Crippen molar-refractivity contribution in [1.29, 1.82) is 0 Å². The number of benzene rings is 2. The number of aromatic nitrogens is 2. The Kier molecular flexibility index (Phi) is 4.37. The number of nitrogens with one attached hydrogen (secondary N) is 1. The molecular weight excluding hydrogens is 326 g/mol. The van der Waals surface area contributed by atoms with Gasteiger partial charge < -0.3 is 9.88 Å². The van der Waals surface area contributed by atoms with Gasteiger partial charge in [0.15, 0.2) is 0 Å². The van der Waals surface area contributed by atoms with Crippen LogP contribution in [-0.4, -0.2) is 26.9 Å². The molecule has 134 valence electrons. The van der Waals surface area contributed by atoms with Crippen molar-refractivity contribution in [1.82, 2.24) is 14.5 Å². The molecule has 1 aliphatic rings. The first-order valence-electron chi connectivity index (χ1n) is 9.21. The lowest BCUT2D eigenvalue weighted by atomic mass is 10.0. The van der Waals surface area contributed by atoms with Gasteiger partial charge in [-0.25, -0.2) is 4.79 Å². The molecule has 4 rings (SSSR count). The second-order valence-corrected chi connectivity index (χ2v) is 6.91. The van der Waals surface area contributed by atoms with Gasteiger partial charge in [-0.3, -0.25) is 9.36 Å². The van der Waals surface area contributed by atoms with Gasteiger partial charge in [0.2, 0.25) is 5.91 Å². The molecule has 0 bridgehead atoms.